The Kier molecular flexibility index (Phi) is 6.39. The van der Waals surface area contributed by atoms with Crippen LogP contribution >= 0.6 is 0 Å². The number of benzene rings is 2. The summed E-state index contributed by atoms with van der Waals surface area (Å²) < 4.78 is 10.3. The third-order valence-electron chi connectivity index (χ3n) is 5.45. The molecule has 1 aliphatic heterocycles. The number of urea groups is 1. The van der Waals surface area contributed by atoms with Crippen LogP contribution in [0.15, 0.2) is 54.7 Å². The molecule has 0 aliphatic carbocycles. The van der Waals surface area contributed by atoms with Crippen LogP contribution in [0.4, 0.5) is 10.5 Å². The maximum atomic E-state index is 12.7. The number of hydrogen-bond donors (Lipinski definition) is 2. The standard InChI is InChI=1S/C24H24N4O5/c1-32-18-6-3-15(4-7-18)9-10-28-23(30)21(27-24(28)31)13-22(29)26-17-11-16-5-8-19(33-2)12-20(16)25-14-17/h3-8,11-12,14,21H,9-10,13H2,1-2H3,(H,26,29)(H,27,31)/t21-/m0/s1. The van der Waals surface area contributed by atoms with Crippen molar-refractivity contribution in [3.05, 3.63) is 60.3 Å². The molecule has 0 unspecified atom stereocenters. The van der Waals surface area contributed by atoms with E-state index >= 15 is 0 Å². The van der Waals surface area contributed by atoms with Gasteiger partial charge in [0.05, 0.1) is 38.0 Å². The molecular formula is C24H24N4O5. The summed E-state index contributed by atoms with van der Waals surface area (Å²) in [5.74, 6) is 0.632. The van der Waals surface area contributed by atoms with E-state index in [1.807, 2.05) is 36.4 Å². The first kappa shape index (κ1) is 22.1. The van der Waals surface area contributed by atoms with E-state index in [0.717, 1.165) is 27.1 Å². The number of nitrogens with zero attached hydrogens (tertiary/aromatic N) is 2. The lowest BCUT2D eigenvalue weighted by atomic mass is 10.1. The Morgan fingerprint density at radius 2 is 1.79 bits per heavy atom. The van der Waals surface area contributed by atoms with Crippen molar-refractivity contribution in [2.24, 2.45) is 0 Å². The van der Waals surface area contributed by atoms with Crippen molar-refractivity contribution in [2.75, 3.05) is 26.1 Å². The maximum Gasteiger partial charge on any atom is 0.324 e. The molecule has 33 heavy (non-hydrogen) atoms. The molecule has 1 aliphatic rings. The number of rotatable bonds is 8. The summed E-state index contributed by atoms with van der Waals surface area (Å²) in [4.78, 5) is 42.9. The molecule has 1 saturated heterocycles. The number of hydrogen-bond acceptors (Lipinski definition) is 6. The van der Waals surface area contributed by atoms with E-state index in [4.69, 9.17) is 9.47 Å². The predicted octanol–water partition coefficient (Wildman–Crippen LogP) is 2.74. The molecule has 0 saturated carbocycles. The van der Waals surface area contributed by atoms with E-state index in [1.165, 1.54) is 6.20 Å². The lowest BCUT2D eigenvalue weighted by molar-refractivity contribution is -0.129. The topological polar surface area (TPSA) is 110 Å². The van der Waals surface area contributed by atoms with Crippen LogP contribution in [0.3, 0.4) is 0 Å². The first-order valence-corrected chi connectivity index (χ1v) is 10.5. The van der Waals surface area contributed by atoms with Crippen LogP contribution in [0.2, 0.25) is 0 Å². The molecule has 1 aromatic heterocycles. The average Bonchev–Trinajstić information content (AvgIpc) is 3.09. The van der Waals surface area contributed by atoms with E-state index in [-0.39, 0.29) is 18.9 Å². The minimum absolute atomic E-state index is 0.162. The summed E-state index contributed by atoms with van der Waals surface area (Å²) in [5, 5.41) is 6.17. The van der Waals surface area contributed by atoms with Gasteiger partial charge in [0.2, 0.25) is 5.91 Å². The fourth-order valence-corrected chi connectivity index (χ4v) is 3.65. The smallest absolute Gasteiger partial charge is 0.324 e. The summed E-state index contributed by atoms with van der Waals surface area (Å²) in [6.07, 6.45) is 1.88. The zero-order valence-electron chi connectivity index (χ0n) is 18.3. The number of pyridine rings is 1. The van der Waals surface area contributed by atoms with E-state index in [9.17, 15) is 14.4 Å². The predicted molar refractivity (Wildman–Crippen MR) is 122 cm³/mol. The quantitative estimate of drug-likeness (QED) is 0.513. The molecule has 170 valence electrons. The van der Waals surface area contributed by atoms with Crippen molar-refractivity contribution in [3.63, 3.8) is 0 Å². The molecule has 4 rings (SSSR count). The number of methoxy groups -OCH3 is 2. The molecule has 0 spiro atoms. The van der Waals surface area contributed by atoms with Gasteiger partial charge in [-0.1, -0.05) is 12.1 Å². The van der Waals surface area contributed by atoms with Crippen LogP contribution < -0.4 is 20.1 Å². The van der Waals surface area contributed by atoms with Crippen LogP contribution in [0, 0.1) is 0 Å². The summed E-state index contributed by atoms with van der Waals surface area (Å²) >= 11 is 0. The van der Waals surface area contributed by atoms with Gasteiger partial charge in [0.15, 0.2) is 0 Å². The first-order valence-electron chi connectivity index (χ1n) is 10.5. The van der Waals surface area contributed by atoms with Gasteiger partial charge in [-0.2, -0.15) is 0 Å². The number of amides is 4. The van der Waals surface area contributed by atoms with Gasteiger partial charge < -0.3 is 20.1 Å². The number of carbonyl (C=O) groups is 3. The summed E-state index contributed by atoms with van der Waals surface area (Å²) in [5.41, 5.74) is 2.21. The Morgan fingerprint density at radius 1 is 1.06 bits per heavy atom. The van der Waals surface area contributed by atoms with Gasteiger partial charge in [-0.25, -0.2) is 4.79 Å². The van der Waals surface area contributed by atoms with E-state index in [1.54, 1.807) is 26.4 Å². The highest BCUT2D eigenvalue weighted by atomic mass is 16.5. The van der Waals surface area contributed by atoms with Crippen molar-refractivity contribution in [1.82, 2.24) is 15.2 Å². The largest absolute Gasteiger partial charge is 0.497 e. The molecule has 9 heteroatoms. The van der Waals surface area contributed by atoms with Crippen LogP contribution in [0.25, 0.3) is 10.9 Å². The van der Waals surface area contributed by atoms with Crippen LogP contribution in [-0.2, 0) is 16.0 Å². The molecule has 1 fully saturated rings. The number of nitrogens with one attached hydrogen (secondary N) is 2. The van der Waals surface area contributed by atoms with Gasteiger partial charge in [0.25, 0.3) is 5.91 Å². The molecule has 2 heterocycles. The molecular weight excluding hydrogens is 424 g/mol. The lowest BCUT2D eigenvalue weighted by Crippen LogP contribution is -2.34. The van der Waals surface area contributed by atoms with E-state index in [2.05, 4.69) is 15.6 Å². The number of fused-ring (bicyclic) bond motifs is 1. The van der Waals surface area contributed by atoms with Gasteiger partial charge in [-0.15, -0.1) is 0 Å². The molecule has 1 atom stereocenters. The molecule has 3 aromatic rings. The minimum atomic E-state index is -0.897. The second kappa shape index (κ2) is 9.56. The normalized spacial score (nSPS) is 15.5. The van der Waals surface area contributed by atoms with Crippen molar-refractivity contribution in [3.8, 4) is 11.5 Å². The molecule has 2 aromatic carbocycles. The molecule has 2 N–H and O–H groups in total. The molecule has 0 radical (unpaired) electrons. The van der Waals surface area contributed by atoms with Crippen LogP contribution in [0.1, 0.15) is 12.0 Å². The van der Waals surface area contributed by atoms with E-state index < -0.39 is 18.0 Å². The zero-order chi connectivity index (χ0) is 23.4. The number of ether oxygens (including phenoxy) is 2. The van der Waals surface area contributed by atoms with Crippen molar-refractivity contribution < 1.29 is 23.9 Å². The second-order valence-electron chi connectivity index (χ2n) is 7.62. The van der Waals surface area contributed by atoms with Crippen molar-refractivity contribution >= 4 is 34.4 Å². The average molecular weight is 448 g/mol. The Balaban J connectivity index is 1.33. The minimum Gasteiger partial charge on any atom is -0.497 e. The fourth-order valence-electron chi connectivity index (χ4n) is 3.65. The Bertz CT molecular complexity index is 1200. The van der Waals surface area contributed by atoms with Gasteiger partial charge in [-0.3, -0.25) is 19.5 Å². The third kappa shape index (κ3) is 5.03. The van der Waals surface area contributed by atoms with Crippen molar-refractivity contribution in [2.45, 2.75) is 18.9 Å². The van der Waals surface area contributed by atoms with Crippen molar-refractivity contribution in [1.29, 1.82) is 0 Å². The monoisotopic (exact) mass is 448 g/mol. The van der Waals surface area contributed by atoms with Crippen LogP contribution in [-0.4, -0.2) is 54.5 Å². The van der Waals surface area contributed by atoms with E-state index in [0.29, 0.717) is 17.9 Å². The lowest BCUT2D eigenvalue weighted by Gasteiger charge is -2.13. The fraction of sp³-hybridized carbons (Fsp3) is 0.250. The second-order valence-corrected chi connectivity index (χ2v) is 7.62. The Morgan fingerprint density at radius 3 is 2.52 bits per heavy atom. The van der Waals surface area contributed by atoms with Gasteiger partial charge in [0.1, 0.15) is 17.5 Å². The summed E-state index contributed by atoms with van der Waals surface area (Å²) in [6.45, 7) is 0.229. The Labute approximate surface area is 190 Å². The Hall–Kier alpha value is -4.14. The zero-order valence-corrected chi connectivity index (χ0v) is 18.3. The molecule has 4 amide bonds. The highest BCUT2D eigenvalue weighted by Gasteiger charge is 2.38. The van der Waals surface area contributed by atoms with Gasteiger partial charge in [0, 0.05) is 18.0 Å². The third-order valence-corrected chi connectivity index (χ3v) is 5.45. The number of carbonyl (C=O) groups excluding carboxylic acids is 3. The molecule has 9 nitrogen and oxygen atoms in total. The first-order chi connectivity index (χ1) is 16.0. The SMILES string of the molecule is COc1ccc(CCN2C(=O)N[C@@H](CC(=O)Nc3cnc4cc(OC)ccc4c3)C2=O)cc1. The van der Waals surface area contributed by atoms with Gasteiger partial charge in [-0.05, 0) is 42.3 Å². The maximum absolute atomic E-state index is 12.7. The van der Waals surface area contributed by atoms with Gasteiger partial charge >= 0.3 is 6.03 Å². The number of aromatic nitrogens is 1. The highest BCUT2D eigenvalue weighted by molar-refractivity contribution is 6.07. The summed E-state index contributed by atoms with van der Waals surface area (Å²) in [6, 6.07) is 13.3. The summed E-state index contributed by atoms with van der Waals surface area (Å²) in [7, 11) is 3.17. The number of imide groups is 1. The van der Waals surface area contributed by atoms with Crippen LogP contribution in [0.5, 0.6) is 11.5 Å². The molecule has 0 bridgehead atoms. The number of anilines is 1. The highest BCUT2D eigenvalue weighted by Crippen LogP contribution is 2.22.